The summed E-state index contributed by atoms with van der Waals surface area (Å²) in [6.45, 7) is 8.32. The predicted octanol–water partition coefficient (Wildman–Crippen LogP) is -8.17. The summed E-state index contributed by atoms with van der Waals surface area (Å²) in [6, 6.07) is 10.6. The average Bonchev–Trinajstić information content (AvgIpc) is 3.12. The largest absolute Gasteiger partial charge is 1.00 e. The molecule has 0 atom stereocenters. The summed E-state index contributed by atoms with van der Waals surface area (Å²) in [6.07, 6.45) is 13.8. The van der Waals surface area contributed by atoms with Crippen molar-refractivity contribution in [3.8, 4) is 0 Å². The van der Waals surface area contributed by atoms with E-state index in [0.717, 1.165) is 19.3 Å². The topological polar surface area (TPSA) is 189 Å². The molecule has 0 spiro atoms. The Morgan fingerprint density at radius 2 is 0.741 bits per heavy atom. The minimum Gasteiger partial charge on any atom is -1.00 e. The van der Waals surface area contributed by atoms with E-state index < -0.39 is 0 Å². The van der Waals surface area contributed by atoms with Crippen LogP contribution in [0.3, 0.4) is 0 Å². The molecular formula is C39H57Cl3N10O6. The van der Waals surface area contributed by atoms with Crippen molar-refractivity contribution in [2.45, 2.75) is 78.9 Å². The maximum absolute atomic E-state index is 12.8. The fourth-order valence-corrected chi connectivity index (χ4v) is 5.50. The summed E-state index contributed by atoms with van der Waals surface area (Å²) in [7, 11) is 0. The molecule has 0 unspecified atom stereocenters. The van der Waals surface area contributed by atoms with E-state index in [-0.39, 0.29) is 92.3 Å². The highest BCUT2D eigenvalue weighted by Crippen LogP contribution is 2.05. The molecule has 0 aliphatic carbocycles. The zero-order chi connectivity index (χ0) is 39.8. The Balaban J connectivity index is 0.0000108. The highest BCUT2D eigenvalue weighted by Gasteiger charge is 2.16. The number of amides is 6. The highest BCUT2D eigenvalue weighted by atomic mass is 35.5. The predicted molar refractivity (Wildman–Crippen MR) is 206 cm³/mol. The SMILES string of the molecule is CCCC(=O)Nc1ccc[n+](CC(=O)NCCN(CCNC(=O)C[n+]2cccc(NC(=O)CCC)c2)CCNC(=O)C[n+]2cccc(NC(=O)CCC)c2)c1.[Cl-].[Cl-].[Cl-]. The average molecular weight is 868 g/mol. The van der Waals surface area contributed by atoms with Crippen molar-refractivity contribution in [2.24, 2.45) is 0 Å². The summed E-state index contributed by atoms with van der Waals surface area (Å²) in [5.41, 5.74) is 1.83. The van der Waals surface area contributed by atoms with E-state index in [1.807, 2.05) is 25.7 Å². The maximum Gasteiger partial charge on any atom is 0.286 e. The third-order valence-corrected chi connectivity index (χ3v) is 8.09. The Hall–Kier alpha value is -4.90. The molecule has 0 bridgehead atoms. The first kappa shape index (κ1) is 53.1. The van der Waals surface area contributed by atoms with E-state index in [4.69, 9.17) is 0 Å². The molecule has 58 heavy (non-hydrogen) atoms. The fraction of sp³-hybridized carbons (Fsp3) is 0.462. The van der Waals surface area contributed by atoms with Crippen LogP contribution >= 0.6 is 0 Å². The Morgan fingerprint density at radius 3 is 1.00 bits per heavy atom. The number of carbonyl (C=O) groups excluding carboxylic acids is 6. The molecule has 6 amide bonds. The summed E-state index contributed by atoms with van der Waals surface area (Å²) in [4.78, 5) is 76.4. The van der Waals surface area contributed by atoms with Gasteiger partial charge < -0.3 is 69.1 Å². The lowest BCUT2D eigenvalue weighted by Gasteiger charge is -2.22. The van der Waals surface area contributed by atoms with Gasteiger partial charge in [0.25, 0.3) is 17.7 Å². The molecule has 0 fully saturated rings. The lowest BCUT2D eigenvalue weighted by atomic mass is 10.3. The molecule has 3 aromatic heterocycles. The number of hydrogen-bond donors (Lipinski definition) is 6. The third kappa shape index (κ3) is 22.1. The van der Waals surface area contributed by atoms with Crippen molar-refractivity contribution in [2.75, 3.05) is 55.2 Å². The molecule has 19 heteroatoms. The molecule has 16 nitrogen and oxygen atoms in total. The van der Waals surface area contributed by atoms with E-state index >= 15 is 0 Å². The van der Waals surface area contributed by atoms with E-state index in [9.17, 15) is 28.8 Å². The molecule has 0 saturated heterocycles. The van der Waals surface area contributed by atoms with Crippen LogP contribution in [0.15, 0.2) is 73.6 Å². The highest BCUT2D eigenvalue weighted by molar-refractivity contribution is 5.91. The van der Waals surface area contributed by atoms with Gasteiger partial charge in [-0.3, -0.25) is 33.7 Å². The van der Waals surface area contributed by atoms with Crippen molar-refractivity contribution in [1.82, 2.24) is 20.9 Å². The number of hydrogen-bond acceptors (Lipinski definition) is 7. The quantitative estimate of drug-likeness (QED) is 0.0483. The molecule has 0 aliphatic rings. The van der Waals surface area contributed by atoms with Crippen molar-refractivity contribution in [3.63, 3.8) is 0 Å². The minimum absolute atomic E-state index is 0. The number of nitrogens with zero attached hydrogens (tertiary/aromatic N) is 4. The number of halogens is 3. The van der Waals surface area contributed by atoms with Gasteiger partial charge >= 0.3 is 0 Å². The lowest BCUT2D eigenvalue weighted by Crippen LogP contribution is -3.00. The summed E-state index contributed by atoms with van der Waals surface area (Å²) in [5.74, 6) is -0.882. The van der Waals surface area contributed by atoms with Crippen LogP contribution in [0.4, 0.5) is 17.1 Å². The maximum atomic E-state index is 12.8. The minimum atomic E-state index is -0.209. The van der Waals surface area contributed by atoms with Crippen LogP contribution in [-0.4, -0.2) is 79.6 Å². The first-order valence-corrected chi connectivity index (χ1v) is 19.0. The molecule has 320 valence electrons. The van der Waals surface area contributed by atoms with Crippen LogP contribution in [-0.2, 0) is 48.4 Å². The van der Waals surface area contributed by atoms with Crippen molar-refractivity contribution < 1.29 is 79.7 Å². The van der Waals surface area contributed by atoms with Crippen LogP contribution in [0.25, 0.3) is 0 Å². The standard InChI is InChI=1S/C39H54N10O6.3ClH/c1-4-10-34(50)43-31-13-7-19-47(25-31)28-37(53)40-16-22-46(23-17-41-38(54)29-48-20-8-14-32(26-48)44-35(51)11-5-2)24-18-42-39(55)30-49-21-9-15-33(27-49)45-36(52)12-6-3;;;/h7-9,13-15,19-21,25-27H,4-6,10-12,16-18,22-24,28-30H2,1-3H3,(H3-3,40,41,42,43,44,45,50,51,52,53,54,55);3*1H. The number of carbonyl (C=O) groups is 6. The Morgan fingerprint density at radius 1 is 0.466 bits per heavy atom. The second kappa shape index (κ2) is 30.2. The number of nitrogens with one attached hydrogen (secondary N) is 6. The molecule has 3 aromatic rings. The Kier molecular flexibility index (Phi) is 27.7. The first-order valence-electron chi connectivity index (χ1n) is 19.0. The zero-order valence-corrected chi connectivity index (χ0v) is 35.7. The molecule has 3 rings (SSSR count). The number of anilines is 3. The van der Waals surface area contributed by atoms with Crippen LogP contribution in [0.1, 0.15) is 59.3 Å². The molecule has 3 heterocycles. The van der Waals surface area contributed by atoms with Gasteiger partial charge in [0.15, 0.2) is 37.2 Å². The first-order chi connectivity index (χ1) is 26.6. The van der Waals surface area contributed by atoms with Crippen LogP contribution in [0.2, 0.25) is 0 Å². The van der Waals surface area contributed by atoms with Gasteiger partial charge in [0.2, 0.25) is 37.4 Å². The Bertz CT molecular complexity index is 1550. The van der Waals surface area contributed by atoms with Gasteiger partial charge in [-0.05, 0) is 37.5 Å². The number of pyridine rings is 3. The number of aromatic nitrogens is 3. The van der Waals surface area contributed by atoms with Crippen LogP contribution < -0.4 is 82.8 Å². The second-order valence-electron chi connectivity index (χ2n) is 13.1. The summed E-state index contributed by atoms with van der Waals surface area (Å²) in [5, 5.41) is 17.3. The van der Waals surface area contributed by atoms with E-state index in [1.54, 1.807) is 87.3 Å². The van der Waals surface area contributed by atoms with Gasteiger partial charge in [-0.2, -0.15) is 13.7 Å². The summed E-state index contributed by atoms with van der Waals surface area (Å²) >= 11 is 0. The molecular weight excluding hydrogens is 811 g/mol. The van der Waals surface area contributed by atoms with E-state index in [1.165, 1.54) is 0 Å². The lowest BCUT2D eigenvalue weighted by molar-refractivity contribution is -0.683. The normalized spacial score (nSPS) is 10.1. The molecule has 0 radical (unpaired) electrons. The monoisotopic (exact) mass is 866 g/mol. The van der Waals surface area contributed by atoms with Gasteiger partial charge in [-0.1, -0.05) is 20.8 Å². The zero-order valence-electron chi connectivity index (χ0n) is 33.4. The smallest absolute Gasteiger partial charge is 0.286 e. The van der Waals surface area contributed by atoms with E-state index in [0.29, 0.717) is 75.6 Å². The van der Waals surface area contributed by atoms with Gasteiger partial charge in [-0.25, -0.2) is 0 Å². The molecule has 6 N–H and O–H groups in total. The molecule has 0 aromatic carbocycles. The van der Waals surface area contributed by atoms with Gasteiger partial charge in [-0.15, -0.1) is 0 Å². The molecule has 0 saturated carbocycles. The molecule has 0 aliphatic heterocycles. The van der Waals surface area contributed by atoms with Gasteiger partial charge in [0.1, 0.15) is 17.1 Å². The van der Waals surface area contributed by atoms with Crippen molar-refractivity contribution in [1.29, 1.82) is 0 Å². The van der Waals surface area contributed by atoms with E-state index in [2.05, 4.69) is 31.9 Å². The van der Waals surface area contributed by atoms with Crippen LogP contribution in [0.5, 0.6) is 0 Å². The van der Waals surface area contributed by atoms with Gasteiger partial charge in [0.05, 0.1) is 0 Å². The van der Waals surface area contributed by atoms with Crippen molar-refractivity contribution in [3.05, 3.63) is 73.6 Å². The summed E-state index contributed by atoms with van der Waals surface area (Å²) < 4.78 is 5.08. The number of rotatable bonds is 24. The van der Waals surface area contributed by atoms with Crippen molar-refractivity contribution >= 4 is 52.5 Å². The van der Waals surface area contributed by atoms with Gasteiger partial charge in [0, 0.05) is 76.7 Å². The Labute approximate surface area is 359 Å². The second-order valence-corrected chi connectivity index (χ2v) is 13.1. The fourth-order valence-electron chi connectivity index (χ4n) is 5.50. The van der Waals surface area contributed by atoms with Crippen LogP contribution in [0, 0.1) is 0 Å². The third-order valence-electron chi connectivity index (χ3n) is 8.09.